The smallest absolute Gasteiger partial charge is 0.405 e. The third-order valence-corrected chi connectivity index (χ3v) is 7.13. The molecule has 6 atom stereocenters. The molecule has 2 rings (SSSR count). The number of methoxy groups -OCH3 is 3. The molecule has 13 nitrogen and oxygen atoms in total. The molecule has 2 bridgehead atoms. The molecule has 1 aliphatic carbocycles. The quantitative estimate of drug-likeness (QED) is 0.401. The average Bonchev–Trinajstić information content (AvgIpc) is 2.93. The topological polar surface area (TPSA) is 184 Å². The number of nitrogens with one attached hydrogen (secondary N) is 1. The van der Waals surface area contributed by atoms with Crippen LogP contribution in [-0.2, 0) is 38.1 Å². The van der Waals surface area contributed by atoms with Gasteiger partial charge in [-0.2, -0.15) is 0 Å². The number of Topliss-reactive ketones (excluding diaryl/α,β-unsaturated/α-hetero) is 1. The number of hydrogen-bond acceptors (Lipinski definition) is 10. The Bertz CT molecular complexity index is 1170. The van der Waals surface area contributed by atoms with Crippen molar-refractivity contribution in [3.05, 3.63) is 46.9 Å². The Balaban J connectivity index is 2.60. The molecular weight excluding hydrogens is 538 g/mol. The molecule has 0 aromatic carbocycles. The maximum atomic E-state index is 13.4. The van der Waals surface area contributed by atoms with E-state index in [0.717, 1.165) is 6.08 Å². The molecule has 1 aliphatic heterocycles. The molecule has 0 unspecified atom stereocenters. The van der Waals surface area contributed by atoms with Crippen molar-refractivity contribution >= 4 is 29.5 Å². The molecule has 0 spiro atoms. The number of amides is 3. The number of aliphatic hydroxyl groups is 1. The lowest BCUT2D eigenvalue weighted by Gasteiger charge is -2.36. The lowest BCUT2D eigenvalue weighted by molar-refractivity contribution is -0.150. The summed E-state index contributed by atoms with van der Waals surface area (Å²) in [5.41, 5.74) is 5.26. The number of carbonyl (C=O) groups is 5. The number of primary amides is 1. The van der Waals surface area contributed by atoms with E-state index in [4.69, 9.17) is 24.7 Å². The molecule has 2 aliphatic rings. The molecule has 0 radical (unpaired) electrons. The Labute approximate surface area is 239 Å². The zero-order chi connectivity index (χ0) is 31.0. The van der Waals surface area contributed by atoms with Crippen LogP contribution in [0.3, 0.4) is 0 Å². The van der Waals surface area contributed by atoms with Gasteiger partial charge in [0.25, 0.3) is 11.8 Å². The second-order valence-electron chi connectivity index (χ2n) is 10.0. The molecule has 0 saturated heterocycles. The van der Waals surface area contributed by atoms with E-state index in [9.17, 15) is 29.1 Å². The van der Waals surface area contributed by atoms with Crippen LogP contribution in [0.2, 0.25) is 0 Å². The number of nitrogens with two attached hydrogens (primary N) is 1. The number of aliphatic hydroxyl groups excluding tert-OH is 1. The Hall–Kier alpha value is -3.81. The Morgan fingerprint density at radius 3 is 2.34 bits per heavy atom. The Kier molecular flexibility index (Phi) is 12.0. The highest BCUT2D eigenvalue weighted by molar-refractivity contribution is 6.23. The van der Waals surface area contributed by atoms with Crippen molar-refractivity contribution in [1.82, 2.24) is 10.2 Å². The van der Waals surface area contributed by atoms with Crippen LogP contribution < -0.4 is 11.1 Å². The van der Waals surface area contributed by atoms with Crippen molar-refractivity contribution in [2.24, 2.45) is 11.7 Å². The van der Waals surface area contributed by atoms with E-state index in [1.165, 1.54) is 58.4 Å². The summed E-state index contributed by atoms with van der Waals surface area (Å²) in [6.07, 6.45) is -0.353. The number of ketones is 2. The van der Waals surface area contributed by atoms with Crippen LogP contribution in [-0.4, -0.2) is 98.3 Å². The van der Waals surface area contributed by atoms with E-state index in [0.29, 0.717) is 0 Å². The zero-order valence-electron chi connectivity index (χ0n) is 24.3. The van der Waals surface area contributed by atoms with Gasteiger partial charge < -0.3 is 40.0 Å². The molecule has 1 heterocycles. The second-order valence-corrected chi connectivity index (χ2v) is 10.0. The summed E-state index contributed by atoms with van der Waals surface area (Å²) in [5, 5.41) is 13.6. The predicted molar refractivity (Wildman–Crippen MR) is 146 cm³/mol. The van der Waals surface area contributed by atoms with Crippen molar-refractivity contribution in [2.75, 3.05) is 28.4 Å². The predicted octanol–water partition coefficient (Wildman–Crippen LogP) is 0.673. The van der Waals surface area contributed by atoms with Crippen LogP contribution in [0.5, 0.6) is 0 Å². The van der Waals surface area contributed by atoms with Gasteiger partial charge >= 0.3 is 6.09 Å². The number of likely N-dealkylation sites (N-methyl/N-ethyl adjacent to an activating group) is 1. The van der Waals surface area contributed by atoms with E-state index < -0.39 is 59.9 Å². The fourth-order valence-corrected chi connectivity index (χ4v) is 4.62. The first-order valence-corrected chi connectivity index (χ1v) is 13.0. The van der Waals surface area contributed by atoms with Gasteiger partial charge in [-0.3, -0.25) is 19.2 Å². The summed E-state index contributed by atoms with van der Waals surface area (Å²) in [4.78, 5) is 65.2. The Morgan fingerprint density at radius 2 is 1.78 bits per heavy atom. The SMILES string of the molecule is COC1=C2C[C@@H](C)C[C@H](OC)[C@H](O)[C@@H](C)N(C)C(=O)[C@H](OC(N)=O)[C@@H](OC)/C=C\C=C(/C)C(=O)NC(=CC1=O)C2=O. The summed E-state index contributed by atoms with van der Waals surface area (Å²) in [7, 11) is 5.39. The Morgan fingerprint density at radius 1 is 1.12 bits per heavy atom. The highest BCUT2D eigenvalue weighted by Gasteiger charge is 2.38. The minimum Gasteiger partial charge on any atom is -0.492 e. The first-order chi connectivity index (χ1) is 19.3. The number of hydrogen-bond donors (Lipinski definition) is 3. The van der Waals surface area contributed by atoms with Gasteiger partial charge in [0, 0.05) is 38.5 Å². The van der Waals surface area contributed by atoms with Crippen molar-refractivity contribution in [1.29, 1.82) is 0 Å². The molecule has 0 fully saturated rings. The molecule has 0 aromatic rings. The lowest BCUT2D eigenvalue weighted by atomic mass is 9.86. The molecule has 4 N–H and O–H groups in total. The maximum Gasteiger partial charge on any atom is 0.405 e. The van der Waals surface area contributed by atoms with Crippen LogP contribution in [0.1, 0.15) is 33.6 Å². The summed E-state index contributed by atoms with van der Waals surface area (Å²) >= 11 is 0. The zero-order valence-corrected chi connectivity index (χ0v) is 24.3. The van der Waals surface area contributed by atoms with E-state index >= 15 is 0 Å². The number of ether oxygens (including phenoxy) is 4. The van der Waals surface area contributed by atoms with Crippen LogP contribution in [0.15, 0.2) is 46.9 Å². The van der Waals surface area contributed by atoms with Crippen LogP contribution in [0.25, 0.3) is 0 Å². The monoisotopic (exact) mass is 577 g/mol. The number of allylic oxidation sites excluding steroid dienone is 4. The third kappa shape index (κ3) is 8.12. The van der Waals surface area contributed by atoms with Crippen LogP contribution in [0, 0.1) is 5.92 Å². The van der Waals surface area contributed by atoms with Gasteiger partial charge in [-0.1, -0.05) is 25.2 Å². The summed E-state index contributed by atoms with van der Waals surface area (Å²) in [6, 6.07) is -0.827. The van der Waals surface area contributed by atoms with E-state index in [-0.39, 0.29) is 41.4 Å². The fourth-order valence-electron chi connectivity index (χ4n) is 4.62. The first kappa shape index (κ1) is 33.4. The van der Waals surface area contributed by atoms with Gasteiger partial charge in [-0.15, -0.1) is 0 Å². The van der Waals surface area contributed by atoms with Crippen molar-refractivity contribution in [3.8, 4) is 0 Å². The molecule has 13 heteroatoms. The summed E-state index contributed by atoms with van der Waals surface area (Å²) < 4.78 is 21.2. The van der Waals surface area contributed by atoms with E-state index in [1.54, 1.807) is 13.8 Å². The number of fused-ring (bicyclic) bond motifs is 2. The van der Waals surface area contributed by atoms with Gasteiger partial charge in [0.15, 0.2) is 5.76 Å². The minimum absolute atomic E-state index is 0.0816. The minimum atomic E-state index is -1.51. The largest absolute Gasteiger partial charge is 0.492 e. The van der Waals surface area contributed by atoms with Gasteiger partial charge in [0.05, 0.1) is 25.0 Å². The fraction of sp³-hybridized carbons (Fsp3) is 0.536. The summed E-state index contributed by atoms with van der Waals surface area (Å²) in [5.74, 6) is -2.93. The average molecular weight is 578 g/mol. The normalized spacial score (nSPS) is 31.2. The molecular formula is C28H39N3O10. The van der Waals surface area contributed by atoms with Gasteiger partial charge in [-0.25, -0.2) is 4.79 Å². The maximum absolute atomic E-state index is 13.4. The highest BCUT2D eigenvalue weighted by atomic mass is 16.6. The van der Waals surface area contributed by atoms with Crippen LogP contribution >= 0.6 is 0 Å². The number of nitrogens with zero attached hydrogens (tertiary/aromatic N) is 1. The van der Waals surface area contributed by atoms with Crippen molar-refractivity contribution < 1.29 is 48.0 Å². The van der Waals surface area contributed by atoms with E-state index in [2.05, 4.69) is 5.32 Å². The van der Waals surface area contributed by atoms with Crippen molar-refractivity contribution in [3.63, 3.8) is 0 Å². The molecule has 41 heavy (non-hydrogen) atoms. The standard InChI is InChI=1S/C28H39N3O10/c1-14-11-17-23(34)18(13-19(32)24(17)40-7)30-26(35)15(2)9-8-10-20(38-5)25(41-28(29)37)27(36)31(4)16(3)22(33)21(12-14)39-6/h8-10,13-14,16,20-22,25,33H,11-12H2,1-7H3,(H2,29,37)(H,30,35)/b10-8-,15-9+/t14-,16-,20+,21+,22-,25-/m1/s1. The lowest BCUT2D eigenvalue weighted by Crippen LogP contribution is -2.54. The highest BCUT2D eigenvalue weighted by Crippen LogP contribution is 2.28. The third-order valence-electron chi connectivity index (χ3n) is 7.13. The molecule has 226 valence electrons. The summed E-state index contributed by atoms with van der Waals surface area (Å²) in [6.45, 7) is 4.87. The van der Waals surface area contributed by atoms with E-state index in [1.807, 2.05) is 0 Å². The molecule has 0 aromatic heterocycles. The molecule has 0 saturated carbocycles. The van der Waals surface area contributed by atoms with Gasteiger partial charge in [0.2, 0.25) is 17.7 Å². The van der Waals surface area contributed by atoms with Crippen molar-refractivity contribution in [2.45, 2.75) is 64.1 Å². The van der Waals surface area contributed by atoms with Crippen LogP contribution in [0.4, 0.5) is 4.79 Å². The second kappa shape index (κ2) is 14.7. The number of rotatable bonds is 4. The molecule has 3 amide bonds. The van der Waals surface area contributed by atoms with Gasteiger partial charge in [-0.05, 0) is 32.6 Å². The number of carbonyl (C=O) groups excluding carboxylic acids is 5. The van der Waals surface area contributed by atoms with Gasteiger partial charge in [0.1, 0.15) is 12.2 Å². The first-order valence-electron chi connectivity index (χ1n) is 13.0.